The highest BCUT2D eigenvalue weighted by atomic mass is 32.1. The van der Waals surface area contributed by atoms with Crippen molar-refractivity contribution in [1.29, 1.82) is 0 Å². The number of fused-ring (bicyclic) bond motifs is 1. The molecule has 0 saturated carbocycles. The molecule has 1 aromatic heterocycles. The fraction of sp³-hybridized carbons (Fsp3) is 0.450. The van der Waals surface area contributed by atoms with Gasteiger partial charge < -0.3 is 10.2 Å². The van der Waals surface area contributed by atoms with Crippen molar-refractivity contribution in [1.82, 2.24) is 4.98 Å². The average molecular weight is 372 g/mol. The number of amides is 2. The molecule has 0 spiro atoms. The minimum Gasteiger partial charge on any atom is -0.312 e. The second kappa shape index (κ2) is 7.99. The average Bonchev–Trinajstić information content (AvgIpc) is 3.20. The van der Waals surface area contributed by atoms with Crippen molar-refractivity contribution in [3.05, 3.63) is 29.1 Å². The first-order valence-electron chi connectivity index (χ1n) is 9.17. The molecule has 0 bridgehead atoms. The van der Waals surface area contributed by atoms with E-state index in [1.807, 2.05) is 43.2 Å². The lowest BCUT2D eigenvalue weighted by molar-refractivity contribution is -0.118. The van der Waals surface area contributed by atoms with Gasteiger partial charge in [-0.1, -0.05) is 26.8 Å². The van der Waals surface area contributed by atoms with Crippen LogP contribution in [0.5, 0.6) is 0 Å². The van der Waals surface area contributed by atoms with Gasteiger partial charge >= 0.3 is 0 Å². The molecule has 3 rings (SSSR count). The molecule has 2 heterocycles. The number of anilines is 2. The Kier molecular flexibility index (Phi) is 5.71. The maximum absolute atomic E-state index is 12.2. The van der Waals surface area contributed by atoms with Gasteiger partial charge in [-0.25, -0.2) is 4.98 Å². The Morgan fingerprint density at radius 3 is 2.88 bits per heavy atom. The third-order valence-electron chi connectivity index (χ3n) is 4.38. The van der Waals surface area contributed by atoms with Crippen molar-refractivity contribution in [2.24, 2.45) is 5.92 Å². The minimum atomic E-state index is -0.0000632. The minimum absolute atomic E-state index is 0.0000632. The number of carbonyl (C=O) groups excluding carboxylic acids is 2. The summed E-state index contributed by atoms with van der Waals surface area (Å²) in [6.07, 6.45) is 2.83. The molecule has 0 fully saturated rings. The van der Waals surface area contributed by atoms with Crippen molar-refractivity contribution in [3.8, 4) is 11.3 Å². The van der Waals surface area contributed by atoms with Crippen molar-refractivity contribution >= 4 is 34.0 Å². The third-order valence-corrected chi connectivity index (χ3v) is 5.14. The van der Waals surface area contributed by atoms with E-state index in [-0.39, 0.29) is 11.8 Å². The first kappa shape index (κ1) is 18.6. The Labute approximate surface area is 158 Å². The summed E-state index contributed by atoms with van der Waals surface area (Å²) in [5.41, 5.74) is 4.09. The molecule has 0 aliphatic carbocycles. The van der Waals surface area contributed by atoms with Crippen LogP contribution in [0.4, 0.5) is 10.8 Å². The third kappa shape index (κ3) is 4.12. The van der Waals surface area contributed by atoms with Gasteiger partial charge in [-0.05, 0) is 36.5 Å². The lowest BCUT2D eigenvalue weighted by Crippen LogP contribution is -2.28. The van der Waals surface area contributed by atoms with Gasteiger partial charge in [0.05, 0.1) is 5.69 Å². The molecular weight excluding hydrogens is 346 g/mol. The number of hydrogen-bond donors (Lipinski definition) is 1. The van der Waals surface area contributed by atoms with Crippen LogP contribution in [-0.4, -0.2) is 23.3 Å². The number of hydrogen-bond acceptors (Lipinski definition) is 4. The van der Waals surface area contributed by atoms with E-state index in [4.69, 9.17) is 0 Å². The number of benzene rings is 1. The SMILES string of the molecule is CCCC(=O)N1CCc2cc(-c3csc(NC(=O)CC(C)C)n3)ccc21. The van der Waals surface area contributed by atoms with Crippen molar-refractivity contribution < 1.29 is 9.59 Å². The van der Waals surface area contributed by atoms with E-state index in [9.17, 15) is 9.59 Å². The van der Waals surface area contributed by atoms with E-state index in [0.29, 0.717) is 23.9 Å². The van der Waals surface area contributed by atoms with E-state index in [2.05, 4.69) is 16.4 Å². The van der Waals surface area contributed by atoms with Crippen LogP contribution in [0.15, 0.2) is 23.6 Å². The van der Waals surface area contributed by atoms with Gasteiger partial charge in [0.1, 0.15) is 0 Å². The zero-order chi connectivity index (χ0) is 18.7. The van der Waals surface area contributed by atoms with Gasteiger partial charge in [0.2, 0.25) is 11.8 Å². The second-order valence-corrected chi connectivity index (χ2v) is 7.93. The molecule has 0 saturated heterocycles. The smallest absolute Gasteiger partial charge is 0.226 e. The largest absolute Gasteiger partial charge is 0.312 e. The summed E-state index contributed by atoms with van der Waals surface area (Å²) < 4.78 is 0. The van der Waals surface area contributed by atoms with Crippen molar-refractivity contribution in [2.45, 2.75) is 46.5 Å². The summed E-state index contributed by atoms with van der Waals surface area (Å²) in [5.74, 6) is 0.521. The lowest BCUT2D eigenvalue weighted by atomic mass is 10.1. The molecule has 5 nitrogen and oxygen atoms in total. The van der Waals surface area contributed by atoms with Crippen LogP contribution in [-0.2, 0) is 16.0 Å². The van der Waals surface area contributed by atoms with Crippen molar-refractivity contribution in [3.63, 3.8) is 0 Å². The molecule has 6 heteroatoms. The Hall–Kier alpha value is -2.21. The zero-order valence-electron chi connectivity index (χ0n) is 15.5. The van der Waals surface area contributed by atoms with Crippen molar-refractivity contribution in [2.75, 3.05) is 16.8 Å². The van der Waals surface area contributed by atoms with Gasteiger partial charge in [-0.3, -0.25) is 9.59 Å². The standard InChI is InChI=1S/C20H25N3O2S/c1-4-5-19(25)23-9-8-15-11-14(6-7-17(15)23)16-12-26-20(21-16)22-18(24)10-13(2)3/h6-7,11-13H,4-5,8-10H2,1-3H3,(H,21,22,24). The molecule has 1 N–H and O–H groups in total. The molecule has 138 valence electrons. The van der Waals surface area contributed by atoms with Crippen LogP contribution in [0.1, 0.15) is 45.6 Å². The maximum atomic E-state index is 12.2. The quantitative estimate of drug-likeness (QED) is 0.814. The van der Waals surface area contributed by atoms with E-state index >= 15 is 0 Å². The Bertz CT molecular complexity index is 813. The summed E-state index contributed by atoms with van der Waals surface area (Å²) in [7, 11) is 0. The topological polar surface area (TPSA) is 62.3 Å². The van der Waals surface area contributed by atoms with Crippen LogP contribution in [0.3, 0.4) is 0 Å². The number of nitrogens with one attached hydrogen (secondary N) is 1. The lowest BCUT2D eigenvalue weighted by Gasteiger charge is -2.17. The van der Waals surface area contributed by atoms with E-state index < -0.39 is 0 Å². The first-order chi connectivity index (χ1) is 12.5. The predicted molar refractivity (Wildman–Crippen MR) is 107 cm³/mol. The number of nitrogens with zero attached hydrogens (tertiary/aromatic N) is 2. The molecule has 2 aromatic rings. The monoisotopic (exact) mass is 371 g/mol. The summed E-state index contributed by atoms with van der Waals surface area (Å²) in [4.78, 5) is 30.5. The maximum Gasteiger partial charge on any atom is 0.226 e. The number of carbonyl (C=O) groups is 2. The van der Waals surface area contributed by atoms with Gasteiger partial charge in [0, 0.05) is 36.0 Å². The first-order valence-corrected chi connectivity index (χ1v) is 10.0. The van der Waals surface area contributed by atoms with Crippen LogP contribution < -0.4 is 10.2 Å². The fourth-order valence-electron chi connectivity index (χ4n) is 3.17. The van der Waals surface area contributed by atoms with Gasteiger partial charge in [-0.15, -0.1) is 11.3 Å². The molecule has 2 amide bonds. The molecule has 1 aliphatic heterocycles. The van der Waals surface area contributed by atoms with Gasteiger partial charge in [0.25, 0.3) is 0 Å². The highest BCUT2D eigenvalue weighted by molar-refractivity contribution is 7.14. The van der Waals surface area contributed by atoms with Crippen LogP contribution in [0.2, 0.25) is 0 Å². The van der Waals surface area contributed by atoms with Crippen LogP contribution >= 0.6 is 11.3 Å². The van der Waals surface area contributed by atoms with E-state index in [1.54, 1.807) is 0 Å². The molecular formula is C20H25N3O2S. The summed E-state index contributed by atoms with van der Waals surface area (Å²) in [6.45, 7) is 6.82. The second-order valence-electron chi connectivity index (χ2n) is 7.07. The molecule has 0 radical (unpaired) electrons. The predicted octanol–water partition coefficient (Wildman–Crippen LogP) is 4.48. The van der Waals surface area contributed by atoms with Crippen LogP contribution in [0.25, 0.3) is 11.3 Å². The van der Waals surface area contributed by atoms with Gasteiger partial charge in [0.15, 0.2) is 5.13 Å². The summed E-state index contributed by atoms with van der Waals surface area (Å²) in [6, 6.07) is 6.13. The van der Waals surface area contributed by atoms with E-state index in [0.717, 1.165) is 36.3 Å². The Morgan fingerprint density at radius 1 is 1.35 bits per heavy atom. The summed E-state index contributed by atoms with van der Waals surface area (Å²) >= 11 is 1.44. The fourth-order valence-corrected chi connectivity index (χ4v) is 3.91. The molecule has 1 aliphatic rings. The highest BCUT2D eigenvalue weighted by Crippen LogP contribution is 2.34. The number of rotatable bonds is 6. The van der Waals surface area contributed by atoms with Gasteiger partial charge in [-0.2, -0.15) is 0 Å². The number of aromatic nitrogens is 1. The summed E-state index contributed by atoms with van der Waals surface area (Å²) in [5, 5.41) is 5.46. The molecule has 0 atom stereocenters. The Balaban J connectivity index is 1.74. The molecule has 26 heavy (non-hydrogen) atoms. The Morgan fingerprint density at radius 2 is 2.15 bits per heavy atom. The van der Waals surface area contributed by atoms with E-state index in [1.165, 1.54) is 16.9 Å². The molecule has 0 unspecified atom stereocenters. The normalized spacial score (nSPS) is 13.2. The highest BCUT2D eigenvalue weighted by Gasteiger charge is 2.24. The zero-order valence-corrected chi connectivity index (χ0v) is 16.4. The molecule has 1 aromatic carbocycles. The number of thiazole rings is 1. The van der Waals surface area contributed by atoms with Crippen LogP contribution in [0, 0.1) is 5.92 Å².